The number of hydrogen-bond acceptors (Lipinski definition) is 3. The molecule has 4 aliphatic rings. The molecule has 82 valence electrons. The third kappa shape index (κ3) is 1.01. The molecule has 4 bridgehead atoms. The number of carbonyl (C=O) groups is 2. The number of Topliss-reactive ketones (excluding diaryl/α,β-unsaturated/α-hetero) is 1. The van der Waals surface area contributed by atoms with Crippen molar-refractivity contribution in [3.63, 3.8) is 0 Å². The molecule has 0 spiro atoms. The van der Waals surface area contributed by atoms with Gasteiger partial charge in [0.15, 0.2) is 0 Å². The van der Waals surface area contributed by atoms with Crippen molar-refractivity contribution in [2.45, 2.75) is 32.6 Å². The molecule has 4 rings (SSSR count). The van der Waals surface area contributed by atoms with Crippen LogP contribution in [-0.4, -0.2) is 18.4 Å². The van der Waals surface area contributed by atoms with Gasteiger partial charge in [-0.3, -0.25) is 9.59 Å². The summed E-state index contributed by atoms with van der Waals surface area (Å²) in [6.45, 7) is 2.26. The van der Waals surface area contributed by atoms with E-state index in [-0.39, 0.29) is 17.8 Å². The van der Waals surface area contributed by atoms with Crippen LogP contribution in [-0.2, 0) is 14.3 Å². The minimum absolute atomic E-state index is 0.000278. The van der Waals surface area contributed by atoms with Crippen LogP contribution in [0.3, 0.4) is 0 Å². The summed E-state index contributed by atoms with van der Waals surface area (Å²) in [5.41, 5.74) is -0.402. The van der Waals surface area contributed by atoms with Crippen LogP contribution in [0.15, 0.2) is 0 Å². The molecule has 4 fully saturated rings. The average molecular weight is 208 g/mol. The number of rotatable bonds is 2. The summed E-state index contributed by atoms with van der Waals surface area (Å²) in [4.78, 5) is 23.9. The maximum atomic E-state index is 12.0. The molecule has 0 aromatic heterocycles. The van der Waals surface area contributed by atoms with Gasteiger partial charge in [-0.15, -0.1) is 0 Å². The van der Waals surface area contributed by atoms with Gasteiger partial charge in [0.25, 0.3) is 0 Å². The molecule has 0 amide bonds. The zero-order valence-electron chi connectivity index (χ0n) is 8.99. The minimum Gasteiger partial charge on any atom is -0.466 e. The van der Waals surface area contributed by atoms with Gasteiger partial charge < -0.3 is 4.74 Å². The molecule has 4 atom stereocenters. The molecule has 4 aliphatic carbocycles. The van der Waals surface area contributed by atoms with Gasteiger partial charge in [0.1, 0.15) is 5.78 Å². The Morgan fingerprint density at radius 1 is 1.47 bits per heavy atom. The van der Waals surface area contributed by atoms with Gasteiger partial charge in [-0.25, -0.2) is 0 Å². The Bertz CT molecular complexity index is 336. The predicted molar refractivity (Wildman–Crippen MR) is 53.0 cm³/mol. The quantitative estimate of drug-likeness (QED) is 0.647. The van der Waals surface area contributed by atoms with Gasteiger partial charge in [-0.2, -0.15) is 0 Å². The molecule has 0 saturated heterocycles. The van der Waals surface area contributed by atoms with E-state index < -0.39 is 5.41 Å². The second kappa shape index (κ2) is 2.83. The molecule has 3 heteroatoms. The zero-order valence-corrected chi connectivity index (χ0v) is 8.99. The Kier molecular flexibility index (Phi) is 1.77. The maximum absolute atomic E-state index is 12.0. The Labute approximate surface area is 89.2 Å². The second-order valence-corrected chi connectivity index (χ2v) is 5.27. The Balaban J connectivity index is 1.94. The topological polar surface area (TPSA) is 43.4 Å². The summed E-state index contributed by atoms with van der Waals surface area (Å²) >= 11 is 0. The van der Waals surface area contributed by atoms with E-state index in [0.717, 1.165) is 25.7 Å². The van der Waals surface area contributed by atoms with Crippen molar-refractivity contribution in [3.05, 3.63) is 0 Å². The van der Waals surface area contributed by atoms with Crippen molar-refractivity contribution in [1.29, 1.82) is 0 Å². The summed E-state index contributed by atoms with van der Waals surface area (Å²) in [6.07, 6.45) is 3.63. The minimum atomic E-state index is -0.402. The fourth-order valence-electron chi connectivity index (χ4n) is 4.10. The van der Waals surface area contributed by atoms with Crippen molar-refractivity contribution in [3.8, 4) is 0 Å². The molecular formula is C12H16O3. The van der Waals surface area contributed by atoms with Crippen LogP contribution < -0.4 is 0 Å². The largest absolute Gasteiger partial charge is 0.466 e. The average Bonchev–Trinajstić information content (AvgIpc) is 2.58. The van der Waals surface area contributed by atoms with Crippen LogP contribution in [0.1, 0.15) is 32.6 Å². The zero-order chi connectivity index (χ0) is 10.6. The lowest BCUT2D eigenvalue weighted by atomic mass is 9.75. The Hall–Kier alpha value is -0.860. The van der Waals surface area contributed by atoms with Crippen molar-refractivity contribution < 1.29 is 14.3 Å². The van der Waals surface area contributed by atoms with Gasteiger partial charge in [0.2, 0.25) is 0 Å². The first kappa shape index (κ1) is 9.37. The van der Waals surface area contributed by atoms with Gasteiger partial charge in [-0.1, -0.05) is 0 Å². The van der Waals surface area contributed by atoms with Crippen LogP contribution in [0.4, 0.5) is 0 Å². The van der Waals surface area contributed by atoms with E-state index in [1.807, 2.05) is 6.92 Å². The summed E-state index contributed by atoms with van der Waals surface area (Å²) < 4.78 is 5.16. The Morgan fingerprint density at radius 3 is 3.00 bits per heavy atom. The first-order valence-electron chi connectivity index (χ1n) is 5.88. The normalized spacial score (nSPS) is 46.2. The van der Waals surface area contributed by atoms with E-state index in [2.05, 4.69) is 0 Å². The molecule has 15 heavy (non-hydrogen) atoms. The SMILES string of the molecule is CCOC(=O)C12CC3CC(C1)C(=O)C2C3. The summed E-state index contributed by atoms with van der Waals surface area (Å²) in [5.74, 6) is 1.02. The van der Waals surface area contributed by atoms with Gasteiger partial charge in [-0.05, 0) is 38.5 Å². The first-order chi connectivity index (χ1) is 7.17. The molecule has 0 aromatic carbocycles. The second-order valence-electron chi connectivity index (χ2n) is 5.27. The fraction of sp³-hybridized carbons (Fsp3) is 0.833. The molecule has 4 unspecified atom stereocenters. The van der Waals surface area contributed by atoms with Crippen LogP contribution in [0.25, 0.3) is 0 Å². The van der Waals surface area contributed by atoms with E-state index in [1.54, 1.807) is 0 Å². The van der Waals surface area contributed by atoms with Crippen molar-refractivity contribution in [2.24, 2.45) is 23.2 Å². The molecule has 0 aromatic rings. The van der Waals surface area contributed by atoms with Crippen molar-refractivity contribution >= 4 is 11.8 Å². The lowest BCUT2D eigenvalue weighted by Crippen LogP contribution is -2.34. The van der Waals surface area contributed by atoms with Crippen LogP contribution in [0.5, 0.6) is 0 Å². The number of ether oxygens (including phenoxy) is 1. The Morgan fingerprint density at radius 2 is 2.27 bits per heavy atom. The molecular weight excluding hydrogens is 192 g/mol. The highest BCUT2D eigenvalue weighted by molar-refractivity contribution is 5.96. The highest BCUT2D eigenvalue weighted by Crippen LogP contribution is 2.64. The molecule has 0 aliphatic heterocycles. The van der Waals surface area contributed by atoms with Crippen LogP contribution in [0.2, 0.25) is 0 Å². The van der Waals surface area contributed by atoms with E-state index >= 15 is 0 Å². The van der Waals surface area contributed by atoms with Gasteiger partial charge >= 0.3 is 5.97 Å². The van der Waals surface area contributed by atoms with E-state index in [0.29, 0.717) is 18.3 Å². The van der Waals surface area contributed by atoms with Crippen molar-refractivity contribution in [2.75, 3.05) is 6.61 Å². The number of carbonyl (C=O) groups excluding carboxylic acids is 2. The summed E-state index contributed by atoms with van der Waals surface area (Å²) in [5, 5.41) is 0. The van der Waals surface area contributed by atoms with Crippen LogP contribution >= 0.6 is 0 Å². The number of ketones is 1. The number of hydrogen-bond donors (Lipinski definition) is 0. The fourth-order valence-corrected chi connectivity index (χ4v) is 4.10. The summed E-state index contributed by atoms with van der Waals surface area (Å²) in [7, 11) is 0. The van der Waals surface area contributed by atoms with E-state index in [4.69, 9.17) is 4.74 Å². The van der Waals surface area contributed by atoms with Gasteiger partial charge in [0.05, 0.1) is 12.0 Å². The van der Waals surface area contributed by atoms with Gasteiger partial charge in [0, 0.05) is 11.8 Å². The lowest BCUT2D eigenvalue weighted by molar-refractivity contribution is -0.158. The molecule has 4 saturated carbocycles. The summed E-state index contributed by atoms with van der Waals surface area (Å²) in [6, 6.07) is 0. The van der Waals surface area contributed by atoms with Crippen LogP contribution in [0, 0.1) is 23.2 Å². The molecule has 0 heterocycles. The molecule has 0 radical (unpaired) electrons. The highest BCUT2D eigenvalue weighted by atomic mass is 16.5. The van der Waals surface area contributed by atoms with E-state index in [9.17, 15) is 9.59 Å². The third-order valence-electron chi connectivity index (χ3n) is 4.55. The standard InChI is InChI=1S/C12H16O3/c1-2-15-11(14)12-5-7-3-8(6-12)10(13)9(12)4-7/h7-9H,2-6H2,1H3. The lowest BCUT2D eigenvalue weighted by Gasteiger charge is -2.29. The first-order valence-corrected chi connectivity index (χ1v) is 5.88. The van der Waals surface area contributed by atoms with E-state index in [1.165, 1.54) is 0 Å². The molecule has 0 N–H and O–H groups in total. The number of esters is 1. The maximum Gasteiger partial charge on any atom is 0.312 e. The predicted octanol–water partition coefficient (Wildman–Crippen LogP) is 1.55. The third-order valence-corrected chi connectivity index (χ3v) is 4.55. The van der Waals surface area contributed by atoms with Crippen molar-refractivity contribution in [1.82, 2.24) is 0 Å². The molecule has 3 nitrogen and oxygen atoms in total. The smallest absolute Gasteiger partial charge is 0.312 e. The highest BCUT2D eigenvalue weighted by Gasteiger charge is 2.66. The monoisotopic (exact) mass is 208 g/mol.